The fourth-order valence-corrected chi connectivity index (χ4v) is 1.90. The van der Waals surface area contributed by atoms with Crippen molar-refractivity contribution in [2.75, 3.05) is 7.11 Å². The Labute approximate surface area is 103 Å². The minimum Gasteiger partial charge on any atom is -0.370 e. The molecule has 82 valence electrons. The summed E-state index contributed by atoms with van der Waals surface area (Å²) in [6.07, 6.45) is 0. The van der Waals surface area contributed by atoms with Crippen LogP contribution in [-0.4, -0.2) is 17.8 Å². The molecule has 1 rings (SSSR count). The summed E-state index contributed by atoms with van der Waals surface area (Å²) in [6.45, 7) is 3.53. The maximum Gasteiger partial charge on any atom is 0.224 e. The second kappa shape index (κ2) is 5.14. The number of hydrogen-bond acceptors (Lipinski definition) is 3. The predicted molar refractivity (Wildman–Crippen MR) is 66.1 cm³/mol. The van der Waals surface area contributed by atoms with Crippen molar-refractivity contribution in [2.45, 2.75) is 24.3 Å². The molecule has 1 aromatic carbocycles. The van der Waals surface area contributed by atoms with Crippen molar-refractivity contribution in [3.8, 4) is 0 Å². The van der Waals surface area contributed by atoms with Crippen LogP contribution < -0.4 is 0 Å². The Morgan fingerprint density at radius 2 is 1.87 bits per heavy atom. The Balaban J connectivity index is 2.71. The topological polar surface area (TPSA) is 26.3 Å². The molecule has 0 amide bonds. The average molecular weight is 289 g/mol. The summed E-state index contributed by atoms with van der Waals surface area (Å²) in [7, 11) is 1.54. The van der Waals surface area contributed by atoms with Crippen molar-refractivity contribution < 1.29 is 9.53 Å². The zero-order valence-electron chi connectivity index (χ0n) is 8.91. The van der Waals surface area contributed by atoms with Gasteiger partial charge in [0.15, 0.2) is 0 Å². The number of carbonyl (C=O) groups is 1. The molecule has 0 saturated carbocycles. The van der Waals surface area contributed by atoms with E-state index in [1.807, 2.05) is 24.3 Å². The lowest BCUT2D eigenvalue weighted by molar-refractivity contribution is -0.127. The molecule has 0 N–H and O–H groups in total. The van der Waals surface area contributed by atoms with Crippen LogP contribution in [0.15, 0.2) is 33.6 Å². The molecular weight excluding hydrogens is 276 g/mol. The normalized spacial score (nSPS) is 11.5. The second-order valence-corrected chi connectivity index (χ2v) is 5.52. The van der Waals surface area contributed by atoms with E-state index >= 15 is 0 Å². The van der Waals surface area contributed by atoms with Crippen molar-refractivity contribution in [2.24, 2.45) is 0 Å². The zero-order chi connectivity index (χ0) is 11.5. The van der Waals surface area contributed by atoms with E-state index < -0.39 is 5.60 Å². The van der Waals surface area contributed by atoms with E-state index in [1.54, 1.807) is 21.0 Å². The minimum atomic E-state index is -0.738. The molecule has 0 aliphatic rings. The molecule has 0 bridgehead atoms. The lowest BCUT2D eigenvalue weighted by Crippen LogP contribution is -2.31. The Kier molecular flexibility index (Phi) is 4.37. The van der Waals surface area contributed by atoms with Gasteiger partial charge in [-0.2, -0.15) is 0 Å². The van der Waals surface area contributed by atoms with E-state index in [9.17, 15) is 4.79 Å². The molecule has 0 spiro atoms. The molecule has 0 unspecified atom stereocenters. The molecule has 1 aromatic rings. The average Bonchev–Trinajstić information content (AvgIpc) is 2.21. The smallest absolute Gasteiger partial charge is 0.224 e. The molecule has 0 aliphatic heterocycles. The van der Waals surface area contributed by atoms with Gasteiger partial charge in [-0.1, -0.05) is 15.9 Å². The van der Waals surface area contributed by atoms with Crippen LogP contribution in [-0.2, 0) is 9.53 Å². The molecule has 2 nitrogen and oxygen atoms in total. The third-order valence-electron chi connectivity index (χ3n) is 2.03. The Hall–Kier alpha value is -0.320. The van der Waals surface area contributed by atoms with Gasteiger partial charge in [0.25, 0.3) is 0 Å². The van der Waals surface area contributed by atoms with Gasteiger partial charge in [0.2, 0.25) is 5.12 Å². The summed E-state index contributed by atoms with van der Waals surface area (Å²) in [4.78, 5) is 12.7. The predicted octanol–water partition coefficient (Wildman–Crippen LogP) is 3.49. The van der Waals surface area contributed by atoms with E-state index in [2.05, 4.69) is 15.9 Å². The first-order valence-electron chi connectivity index (χ1n) is 4.49. The van der Waals surface area contributed by atoms with Crippen molar-refractivity contribution in [1.29, 1.82) is 0 Å². The maximum atomic E-state index is 11.8. The highest BCUT2D eigenvalue weighted by molar-refractivity contribution is 9.10. The van der Waals surface area contributed by atoms with Crippen LogP contribution in [0.1, 0.15) is 13.8 Å². The second-order valence-electron chi connectivity index (χ2n) is 3.56. The Morgan fingerprint density at radius 3 is 2.33 bits per heavy atom. The van der Waals surface area contributed by atoms with Gasteiger partial charge in [0.1, 0.15) is 5.60 Å². The van der Waals surface area contributed by atoms with Crippen LogP contribution in [0.25, 0.3) is 0 Å². The van der Waals surface area contributed by atoms with Crippen LogP contribution in [0, 0.1) is 0 Å². The quantitative estimate of drug-likeness (QED) is 0.797. The van der Waals surface area contributed by atoms with Gasteiger partial charge in [-0.3, -0.25) is 4.79 Å². The summed E-state index contributed by atoms with van der Waals surface area (Å²) in [6, 6.07) is 7.63. The number of rotatable bonds is 3. The van der Waals surface area contributed by atoms with Crippen molar-refractivity contribution >= 4 is 32.8 Å². The molecule has 4 heteroatoms. The van der Waals surface area contributed by atoms with E-state index in [1.165, 1.54) is 11.8 Å². The number of methoxy groups -OCH3 is 1. The van der Waals surface area contributed by atoms with E-state index in [0.717, 1.165) is 9.37 Å². The summed E-state index contributed by atoms with van der Waals surface area (Å²) >= 11 is 4.55. The monoisotopic (exact) mass is 288 g/mol. The lowest BCUT2D eigenvalue weighted by atomic mass is 10.2. The van der Waals surface area contributed by atoms with Gasteiger partial charge in [-0.05, 0) is 49.9 Å². The van der Waals surface area contributed by atoms with Gasteiger partial charge in [-0.25, -0.2) is 0 Å². The summed E-state index contributed by atoms with van der Waals surface area (Å²) in [5, 5.41) is 0.00678. The highest BCUT2D eigenvalue weighted by Gasteiger charge is 2.27. The number of ether oxygens (including phenoxy) is 1. The van der Waals surface area contributed by atoms with Gasteiger partial charge in [-0.15, -0.1) is 0 Å². The van der Waals surface area contributed by atoms with Crippen LogP contribution in [0.5, 0.6) is 0 Å². The summed E-state index contributed by atoms with van der Waals surface area (Å²) < 4.78 is 6.12. The molecule has 0 aliphatic carbocycles. The third-order valence-corrected chi connectivity index (χ3v) is 3.74. The molecule has 15 heavy (non-hydrogen) atoms. The fraction of sp³-hybridized carbons (Fsp3) is 0.364. The summed E-state index contributed by atoms with van der Waals surface area (Å²) in [5.41, 5.74) is -0.738. The van der Waals surface area contributed by atoms with Gasteiger partial charge >= 0.3 is 0 Å². The highest BCUT2D eigenvalue weighted by Crippen LogP contribution is 2.26. The van der Waals surface area contributed by atoms with Crippen molar-refractivity contribution in [1.82, 2.24) is 0 Å². The number of benzene rings is 1. The van der Waals surface area contributed by atoms with Crippen LogP contribution in [0.4, 0.5) is 0 Å². The lowest BCUT2D eigenvalue weighted by Gasteiger charge is -2.20. The maximum absolute atomic E-state index is 11.8. The van der Waals surface area contributed by atoms with Crippen LogP contribution >= 0.6 is 27.7 Å². The molecule has 0 aromatic heterocycles. The van der Waals surface area contributed by atoms with Crippen molar-refractivity contribution in [3.05, 3.63) is 28.7 Å². The standard InChI is InChI=1S/C11H13BrO2S/c1-11(2,14-3)10(13)15-9-6-4-8(12)5-7-9/h4-7H,1-3H3. The molecule has 0 heterocycles. The SMILES string of the molecule is COC(C)(C)C(=O)Sc1ccc(Br)cc1. The number of hydrogen-bond donors (Lipinski definition) is 0. The minimum absolute atomic E-state index is 0.00678. The van der Waals surface area contributed by atoms with Crippen LogP contribution in [0.3, 0.4) is 0 Å². The zero-order valence-corrected chi connectivity index (χ0v) is 11.3. The Bertz CT molecular complexity index is 346. The third kappa shape index (κ3) is 3.63. The largest absolute Gasteiger partial charge is 0.370 e. The van der Waals surface area contributed by atoms with E-state index in [4.69, 9.17) is 4.74 Å². The van der Waals surface area contributed by atoms with Gasteiger partial charge in [0, 0.05) is 16.5 Å². The summed E-state index contributed by atoms with van der Waals surface area (Å²) in [5.74, 6) is 0. The number of carbonyl (C=O) groups excluding carboxylic acids is 1. The van der Waals surface area contributed by atoms with Gasteiger partial charge in [0.05, 0.1) is 0 Å². The first-order chi connectivity index (χ1) is 6.95. The molecular formula is C11H13BrO2S. The first kappa shape index (κ1) is 12.7. The molecule has 0 radical (unpaired) electrons. The number of thioether (sulfide) groups is 1. The first-order valence-corrected chi connectivity index (χ1v) is 6.09. The number of halogens is 1. The Morgan fingerprint density at radius 1 is 1.33 bits per heavy atom. The highest BCUT2D eigenvalue weighted by atomic mass is 79.9. The fourth-order valence-electron chi connectivity index (χ4n) is 0.816. The van der Waals surface area contributed by atoms with Crippen LogP contribution in [0.2, 0.25) is 0 Å². The molecule has 0 atom stereocenters. The van der Waals surface area contributed by atoms with Crippen molar-refractivity contribution in [3.63, 3.8) is 0 Å². The molecule has 0 saturated heterocycles. The van der Waals surface area contributed by atoms with E-state index in [0.29, 0.717) is 0 Å². The van der Waals surface area contributed by atoms with Gasteiger partial charge < -0.3 is 4.74 Å². The van der Waals surface area contributed by atoms with E-state index in [-0.39, 0.29) is 5.12 Å². The molecule has 0 fully saturated rings.